The van der Waals surface area contributed by atoms with Crippen LogP contribution in [0.4, 0.5) is 0 Å². The Morgan fingerprint density at radius 2 is 2.00 bits per heavy atom. The summed E-state index contributed by atoms with van der Waals surface area (Å²) < 4.78 is 0. The molecule has 0 saturated carbocycles. The smallest absolute Gasteiger partial charge is 0.257 e. The van der Waals surface area contributed by atoms with Gasteiger partial charge in [-0.3, -0.25) is 4.79 Å². The lowest BCUT2D eigenvalue weighted by molar-refractivity contribution is 0.0682. The Morgan fingerprint density at radius 1 is 1.32 bits per heavy atom. The van der Waals surface area contributed by atoms with Crippen molar-refractivity contribution in [2.75, 3.05) is 13.1 Å². The molecule has 102 valence electrons. The molecule has 2 heterocycles. The Balaban J connectivity index is 1.95. The summed E-state index contributed by atoms with van der Waals surface area (Å²) in [4.78, 5) is 14.7. The number of amides is 1. The zero-order valence-corrected chi connectivity index (χ0v) is 12.2. The van der Waals surface area contributed by atoms with E-state index in [0.717, 1.165) is 19.5 Å². The van der Waals surface area contributed by atoms with Gasteiger partial charge in [-0.25, -0.2) is 0 Å². The zero-order chi connectivity index (χ0) is 13.6. The molecular formula is C14H16Cl2N2O. The van der Waals surface area contributed by atoms with E-state index in [0.29, 0.717) is 21.5 Å². The minimum atomic E-state index is -0.0423. The first-order valence-electron chi connectivity index (χ1n) is 6.57. The Hall–Kier alpha value is -0.770. The Morgan fingerprint density at radius 3 is 2.68 bits per heavy atom. The van der Waals surface area contributed by atoms with Gasteiger partial charge in [0.2, 0.25) is 0 Å². The highest BCUT2D eigenvalue weighted by Gasteiger charge is 2.44. The van der Waals surface area contributed by atoms with E-state index < -0.39 is 0 Å². The van der Waals surface area contributed by atoms with Crippen LogP contribution < -0.4 is 5.32 Å². The maximum absolute atomic E-state index is 12.8. The molecule has 0 spiro atoms. The van der Waals surface area contributed by atoms with Crippen LogP contribution in [0.1, 0.15) is 23.7 Å². The van der Waals surface area contributed by atoms with Crippen molar-refractivity contribution in [3.8, 4) is 0 Å². The quantitative estimate of drug-likeness (QED) is 0.865. The summed E-state index contributed by atoms with van der Waals surface area (Å²) in [7, 11) is 0. The van der Waals surface area contributed by atoms with Gasteiger partial charge in [0.15, 0.2) is 0 Å². The third kappa shape index (κ3) is 2.14. The molecule has 2 fully saturated rings. The number of carbonyl (C=O) groups excluding carboxylic acids is 1. The molecule has 5 heteroatoms. The summed E-state index contributed by atoms with van der Waals surface area (Å²) in [5.41, 5.74) is 0.435. The molecule has 3 atom stereocenters. The van der Waals surface area contributed by atoms with Gasteiger partial charge < -0.3 is 10.2 Å². The van der Waals surface area contributed by atoms with E-state index in [9.17, 15) is 4.79 Å². The van der Waals surface area contributed by atoms with Crippen molar-refractivity contribution in [3.63, 3.8) is 0 Å². The Kier molecular flexibility index (Phi) is 3.46. The second-order valence-electron chi connectivity index (χ2n) is 5.38. The maximum Gasteiger partial charge on any atom is 0.257 e. The highest BCUT2D eigenvalue weighted by molar-refractivity contribution is 6.39. The fourth-order valence-electron chi connectivity index (χ4n) is 3.35. The number of rotatable bonds is 1. The standard InChI is InChI=1S/C14H16Cl2N2O/c1-8-5-9-6-17-7-12(9)18(8)14(19)13-10(15)3-2-4-11(13)16/h2-4,8-9,12,17H,5-7H2,1H3. The van der Waals surface area contributed by atoms with E-state index in [2.05, 4.69) is 12.2 Å². The lowest BCUT2D eigenvalue weighted by Gasteiger charge is -2.28. The van der Waals surface area contributed by atoms with Gasteiger partial charge in [-0.15, -0.1) is 0 Å². The normalized spacial score (nSPS) is 29.6. The van der Waals surface area contributed by atoms with E-state index >= 15 is 0 Å². The molecule has 3 unspecified atom stereocenters. The van der Waals surface area contributed by atoms with Crippen molar-refractivity contribution in [2.45, 2.75) is 25.4 Å². The van der Waals surface area contributed by atoms with Crippen LogP contribution in [0.15, 0.2) is 18.2 Å². The number of fused-ring (bicyclic) bond motifs is 1. The molecule has 0 radical (unpaired) electrons. The van der Waals surface area contributed by atoms with E-state index in [4.69, 9.17) is 23.2 Å². The van der Waals surface area contributed by atoms with Crippen LogP contribution in [0.25, 0.3) is 0 Å². The molecule has 2 aliphatic heterocycles. The molecule has 1 aromatic carbocycles. The SMILES string of the molecule is CC1CC2CNCC2N1C(=O)c1c(Cl)cccc1Cl. The van der Waals surface area contributed by atoms with Crippen molar-refractivity contribution in [3.05, 3.63) is 33.8 Å². The predicted octanol–water partition coefficient (Wildman–Crippen LogP) is 2.82. The first kappa shape index (κ1) is 13.2. The average molecular weight is 299 g/mol. The first-order chi connectivity index (χ1) is 9.09. The highest BCUT2D eigenvalue weighted by Crippen LogP contribution is 2.35. The monoisotopic (exact) mass is 298 g/mol. The van der Waals surface area contributed by atoms with Crippen LogP contribution in [0.5, 0.6) is 0 Å². The molecule has 19 heavy (non-hydrogen) atoms. The summed E-state index contributed by atoms with van der Waals surface area (Å²) in [6, 6.07) is 5.71. The molecule has 2 saturated heterocycles. The Bertz CT molecular complexity index is 500. The average Bonchev–Trinajstić information content (AvgIpc) is 2.87. The van der Waals surface area contributed by atoms with Crippen LogP contribution in [0, 0.1) is 5.92 Å². The second-order valence-corrected chi connectivity index (χ2v) is 6.19. The number of halogens is 2. The molecule has 2 aliphatic rings. The van der Waals surface area contributed by atoms with Gasteiger partial charge in [0.05, 0.1) is 15.6 Å². The minimum absolute atomic E-state index is 0.0423. The van der Waals surface area contributed by atoms with Gasteiger partial charge >= 0.3 is 0 Å². The number of nitrogens with one attached hydrogen (secondary N) is 1. The summed E-state index contributed by atoms with van der Waals surface area (Å²) in [5, 5.41) is 4.21. The van der Waals surface area contributed by atoms with Crippen molar-refractivity contribution in [1.29, 1.82) is 0 Å². The first-order valence-corrected chi connectivity index (χ1v) is 7.32. The van der Waals surface area contributed by atoms with Crippen LogP contribution in [-0.4, -0.2) is 36.0 Å². The molecular weight excluding hydrogens is 283 g/mol. The van der Waals surface area contributed by atoms with E-state index in [1.54, 1.807) is 18.2 Å². The minimum Gasteiger partial charge on any atom is -0.331 e. The van der Waals surface area contributed by atoms with Crippen LogP contribution in [0.3, 0.4) is 0 Å². The van der Waals surface area contributed by atoms with E-state index in [-0.39, 0.29) is 18.0 Å². The largest absolute Gasteiger partial charge is 0.331 e. The summed E-state index contributed by atoms with van der Waals surface area (Å²) in [6.07, 6.45) is 1.05. The summed E-state index contributed by atoms with van der Waals surface area (Å²) >= 11 is 12.3. The summed E-state index contributed by atoms with van der Waals surface area (Å²) in [6.45, 7) is 3.96. The van der Waals surface area contributed by atoms with Crippen LogP contribution in [-0.2, 0) is 0 Å². The van der Waals surface area contributed by atoms with Crippen molar-refractivity contribution in [1.82, 2.24) is 10.2 Å². The van der Waals surface area contributed by atoms with Crippen molar-refractivity contribution in [2.24, 2.45) is 5.92 Å². The third-order valence-electron chi connectivity index (χ3n) is 4.19. The maximum atomic E-state index is 12.8. The number of benzene rings is 1. The molecule has 0 aliphatic carbocycles. The van der Waals surface area contributed by atoms with Crippen LogP contribution >= 0.6 is 23.2 Å². The number of hydrogen-bond donors (Lipinski definition) is 1. The van der Waals surface area contributed by atoms with Crippen molar-refractivity contribution < 1.29 is 4.79 Å². The third-order valence-corrected chi connectivity index (χ3v) is 4.82. The molecule has 0 bridgehead atoms. The van der Waals surface area contributed by atoms with E-state index in [1.165, 1.54) is 0 Å². The molecule has 1 aromatic rings. The van der Waals surface area contributed by atoms with Gasteiger partial charge in [-0.2, -0.15) is 0 Å². The second kappa shape index (κ2) is 4.97. The lowest BCUT2D eigenvalue weighted by atomic mass is 10.0. The fourth-order valence-corrected chi connectivity index (χ4v) is 3.90. The Labute approximate surface area is 122 Å². The number of nitrogens with zero attached hydrogens (tertiary/aromatic N) is 1. The molecule has 1 N–H and O–H groups in total. The topological polar surface area (TPSA) is 32.3 Å². The fraction of sp³-hybridized carbons (Fsp3) is 0.500. The molecule has 3 nitrogen and oxygen atoms in total. The zero-order valence-electron chi connectivity index (χ0n) is 10.7. The van der Waals surface area contributed by atoms with Gasteiger partial charge in [-0.05, 0) is 31.4 Å². The molecule has 1 amide bonds. The van der Waals surface area contributed by atoms with Crippen LogP contribution in [0.2, 0.25) is 10.0 Å². The van der Waals surface area contributed by atoms with Gasteiger partial charge in [0.1, 0.15) is 0 Å². The molecule has 3 rings (SSSR count). The number of hydrogen-bond acceptors (Lipinski definition) is 2. The summed E-state index contributed by atoms with van der Waals surface area (Å²) in [5.74, 6) is 0.513. The van der Waals surface area contributed by atoms with Gasteiger partial charge in [0.25, 0.3) is 5.91 Å². The predicted molar refractivity (Wildman–Crippen MR) is 76.9 cm³/mol. The lowest BCUT2D eigenvalue weighted by Crippen LogP contribution is -2.43. The number of carbonyl (C=O) groups is 1. The van der Waals surface area contributed by atoms with Gasteiger partial charge in [0, 0.05) is 25.2 Å². The number of likely N-dealkylation sites (tertiary alicyclic amines) is 1. The molecule has 0 aromatic heterocycles. The van der Waals surface area contributed by atoms with Gasteiger partial charge in [-0.1, -0.05) is 29.3 Å². The van der Waals surface area contributed by atoms with Crippen molar-refractivity contribution >= 4 is 29.1 Å². The highest BCUT2D eigenvalue weighted by atomic mass is 35.5. The van der Waals surface area contributed by atoms with E-state index in [1.807, 2.05) is 4.90 Å².